The maximum absolute atomic E-state index is 12.1. The van der Waals surface area contributed by atoms with E-state index in [1.165, 1.54) is 16.7 Å². The monoisotopic (exact) mass is 362 g/mol. The molecule has 24 heavy (non-hydrogen) atoms. The average Bonchev–Trinajstić information content (AvgIpc) is 2.60. The van der Waals surface area contributed by atoms with Crippen molar-refractivity contribution in [3.63, 3.8) is 0 Å². The van der Waals surface area contributed by atoms with Gasteiger partial charge >= 0.3 is 0 Å². The number of benzene rings is 1. The van der Waals surface area contributed by atoms with Crippen molar-refractivity contribution in [3.8, 4) is 0 Å². The van der Waals surface area contributed by atoms with E-state index in [2.05, 4.69) is 15.3 Å². The van der Waals surface area contributed by atoms with Crippen molar-refractivity contribution in [2.45, 2.75) is 10.1 Å². The minimum absolute atomic E-state index is 0.00223. The van der Waals surface area contributed by atoms with Crippen LogP contribution in [-0.4, -0.2) is 52.3 Å². The number of nitrogens with zero attached hydrogens (tertiary/aromatic N) is 3. The number of carbonyl (C=O) groups excluding carboxylic acids is 2. The van der Waals surface area contributed by atoms with E-state index in [1.807, 2.05) is 30.5 Å². The Kier molecular flexibility index (Phi) is 7.07. The fraction of sp³-hybridized carbons (Fsp3) is 0.250. The third-order valence-corrected chi connectivity index (χ3v) is 4.71. The highest BCUT2D eigenvalue weighted by Crippen LogP contribution is 2.24. The SMILES string of the molecule is CSc1ccccc1NC(=O)CN(C)C(=O)CSc1ncccn1. The summed E-state index contributed by atoms with van der Waals surface area (Å²) in [6.07, 6.45) is 5.20. The summed E-state index contributed by atoms with van der Waals surface area (Å²) in [5, 5.41) is 3.38. The van der Waals surface area contributed by atoms with Crippen molar-refractivity contribution in [3.05, 3.63) is 42.7 Å². The maximum atomic E-state index is 12.1. The molecule has 8 heteroatoms. The molecule has 0 saturated carbocycles. The lowest BCUT2D eigenvalue weighted by atomic mass is 10.3. The van der Waals surface area contributed by atoms with Crippen LogP contribution in [0.15, 0.2) is 52.8 Å². The van der Waals surface area contributed by atoms with Gasteiger partial charge in [0.1, 0.15) is 0 Å². The molecule has 0 atom stereocenters. The topological polar surface area (TPSA) is 75.2 Å². The number of hydrogen-bond donors (Lipinski definition) is 1. The van der Waals surface area contributed by atoms with E-state index in [0.717, 1.165) is 10.6 Å². The first kappa shape index (κ1) is 18.3. The van der Waals surface area contributed by atoms with Crippen LogP contribution in [0.2, 0.25) is 0 Å². The second-order valence-electron chi connectivity index (χ2n) is 4.82. The summed E-state index contributed by atoms with van der Waals surface area (Å²) in [5.74, 6) is -0.191. The molecule has 0 radical (unpaired) electrons. The molecule has 0 spiro atoms. The zero-order valence-corrected chi connectivity index (χ0v) is 15.1. The first-order valence-corrected chi connectivity index (χ1v) is 9.38. The molecule has 1 aromatic carbocycles. The van der Waals surface area contributed by atoms with Gasteiger partial charge in [0.2, 0.25) is 11.8 Å². The average molecular weight is 362 g/mol. The third kappa shape index (κ3) is 5.54. The predicted molar refractivity (Wildman–Crippen MR) is 97.2 cm³/mol. The molecule has 0 aliphatic heterocycles. The van der Waals surface area contributed by atoms with E-state index in [1.54, 1.807) is 37.3 Å². The van der Waals surface area contributed by atoms with E-state index >= 15 is 0 Å². The lowest BCUT2D eigenvalue weighted by molar-refractivity contribution is -0.131. The van der Waals surface area contributed by atoms with Crippen molar-refractivity contribution in [1.82, 2.24) is 14.9 Å². The molecular formula is C16H18N4O2S2. The summed E-state index contributed by atoms with van der Waals surface area (Å²) in [7, 11) is 1.61. The van der Waals surface area contributed by atoms with E-state index in [0.29, 0.717) is 5.16 Å². The van der Waals surface area contributed by atoms with Gasteiger partial charge in [-0.1, -0.05) is 23.9 Å². The van der Waals surface area contributed by atoms with Gasteiger partial charge in [0, 0.05) is 24.3 Å². The Morgan fingerprint density at radius 3 is 2.58 bits per heavy atom. The Hall–Kier alpha value is -2.06. The number of nitrogens with one attached hydrogen (secondary N) is 1. The molecule has 126 valence electrons. The van der Waals surface area contributed by atoms with Crippen molar-refractivity contribution in [2.24, 2.45) is 0 Å². The van der Waals surface area contributed by atoms with Gasteiger partial charge in [0.15, 0.2) is 5.16 Å². The Morgan fingerprint density at radius 1 is 1.17 bits per heavy atom. The number of rotatable bonds is 7. The number of likely N-dealkylation sites (N-methyl/N-ethyl adjacent to an activating group) is 1. The van der Waals surface area contributed by atoms with Gasteiger partial charge in [-0.2, -0.15) is 0 Å². The van der Waals surface area contributed by atoms with E-state index in [9.17, 15) is 9.59 Å². The first-order valence-electron chi connectivity index (χ1n) is 7.17. The zero-order valence-electron chi connectivity index (χ0n) is 13.4. The molecule has 0 saturated heterocycles. The third-order valence-electron chi connectivity index (χ3n) is 3.05. The second kappa shape index (κ2) is 9.29. The summed E-state index contributed by atoms with van der Waals surface area (Å²) in [6, 6.07) is 9.27. The zero-order chi connectivity index (χ0) is 17.4. The predicted octanol–water partition coefficient (Wildman–Crippen LogP) is 2.39. The number of para-hydroxylation sites is 1. The number of anilines is 1. The number of amides is 2. The molecule has 2 rings (SSSR count). The van der Waals surface area contributed by atoms with Crippen LogP contribution in [0.5, 0.6) is 0 Å². The van der Waals surface area contributed by atoms with Gasteiger partial charge in [-0.15, -0.1) is 11.8 Å². The quantitative estimate of drug-likeness (QED) is 0.602. The minimum atomic E-state index is -0.228. The van der Waals surface area contributed by atoms with Gasteiger partial charge < -0.3 is 10.2 Å². The highest BCUT2D eigenvalue weighted by molar-refractivity contribution is 7.99. The number of aromatic nitrogens is 2. The fourth-order valence-electron chi connectivity index (χ4n) is 1.84. The summed E-state index contributed by atoms with van der Waals surface area (Å²) < 4.78 is 0. The van der Waals surface area contributed by atoms with Gasteiger partial charge in [-0.05, 0) is 24.5 Å². The molecule has 0 bridgehead atoms. The van der Waals surface area contributed by atoms with Crippen molar-refractivity contribution < 1.29 is 9.59 Å². The summed E-state index contributed by atoms with van der Waals surface area (Å²) in [6.45, 7) is -0.00223. The maximum Gasteiger partial charge on any atom is 0.244 e. The highest BCUT2D eigenvalue weighted by Gasteiger charge is 2.14. The van der Waals surface area contributed by atoms with E-state index in [4.69, 9.17) is 0 Å². The summed E-state index contributed by atoms with van der Waals surface area (Å²) >= 11 is 2.80. The lowest BCUT2D eigenvalue weighted by Gasteiger charge is -2.17. The smallest absolute Gasteiger partial charge is 0.244 e. The largest absolute Gasteiger partial charge is 0.336 e. The van der Waals surface area contributed by atoms with Crippen LogP contribution in [0.25, 0.3) is 0 Å². The van der Waals surface area contributed by atoms with E-state index < -0.39 is 0 Å². The molecule has 0 unspecified atom stereocenters. The Bertz CT molecular complexity index is 697. The summed E-state index contributed by atoms with van der Waals surface area (Å²) in [5.41, 5.74) is 0.753. The van der Waals surface area contributed by atoms with Crippen molar-refractivity contribution in [2.75, 3.05) is 30.9 Å². The number of hydrogen-bond acceptors (Lipinski definition) is 6. The molecule has 1 aromatic heterocycles. The van der Waals surface area contributed by atoms with Crippen LogP contribution < -0.4 is 5.32 Å². The molecule has 0 aliphatic carbocycles. The van der Waals surface area contributed by atoms with Crippen LogP contribution in [0.3, 0.4) is 0 Å². The van der Waals surface area contributed by atoms with Crippen molar-refractivity contribution in [1.29, 1.82) is 0 Å². The van der Waals surface area contributed by atoms with Crippen LogP contribution in [0.4, 0.5) is 5.69 Å². The molecule has 0 fully saturated rings. The Labute approximate surface area is 149 Å². The Balaban J connectivity index is 1.83. The fourth-order valence-corrected chi connectivity index (χ4v) is 3.14. The molecule has 1 N–H and O–H groups in total. The van der Waals surface area contributed by atoms with Crippen LogP contribution in [0, 0.1) is 0 Å². The van der Waals surface area contributed by atoms with Crippen LogP contribution >= 0.6 is 23.5 Å². The van der Waals surface area contributed by atoms with Crippen LogP contribution in [-0.2, 0) is 9.59 Å². The molecule has 0 aliphatic rings. The molecule has 2 amide bonds. The number of carbonyl (C=O) groups is 2. The van der Waals surface area contributed by atoms with Gasteiger partial charge in [-0.25, -0.2) is 9.97 Å². The molecule has 6 nitrogen and oxygen atoms in total. The molecular weight excluding hydrogens is 344 g/mol. The van der Waals surface area contributed by atoms with E-state index in [-0.39, 0.29) is 24.1 Å². The van der Waals surface area contributed by atoms with Gasteiger partial charge in [0.25, 0.3) is 0 Å². The standard InChI is InChI=1S/C16H18N4O2S2/c1-20(15(22)11-24-16-17-8-5-9-18-16)10-14(21)19-12-6-3-4-7-13(12)23-2/h3-9H,10-11H2,1-2H3,(H,19,21). The second-order valence-corrected chi connectivity index (χ2v) is 6.61. The first-order chi connectivity index (χ1) is 11.6. The Morgan fingerprint density at radius 2 is 1.88 bits per heavy atom. The normalized spacial score (nSPS) is 10.2. The number of thioether (sulfide) groups is 2. The van der Waals surface area contributed by atoms with Crippen molar-refractivity contribution >= 4 is 41.0 Å². The van der Waals surface area contributed by atoms with Gasteiger partial charge in [-0.3, -0.25) is 9.59 Å². The molecule has 1 heterocycles. The summed E-state index contributed by atoms with van der Waals surface area (Å²) in [4.78, 5) is 34.7. The highest BCUT2D eigenvalue weighted by atomic mass is 32.2. The minimum Gasteiger partial charge on any atom is -0.336 e. The van der Waals surface area contributed by atoms with Crippen LogP contribution in [0.1, 0.15) is 0 Å². The lowest BCUT2D eigenvalue weighted by Crippen LogP contribution is -2.36. The van der Waals surface area contributed by atoms with Gasteiger partial charge in [0.05, 0.1) is 18.0 Å². The molecule has 2 aromatic rings.